The minimum Gasteiger partial charge on any atom is -0.358 e. The molecule has 1 aromatic rings. The largest absolute Gasteiger partial charge is 0.358 e. The SMILES string of the molecule is CC(C)OCn1c(Br)c(Br)c(C#N)c1Br. The van der Waals surface area contributed by atoms with Crippen LogP contribution < -0.4 is 0 Å². The van der Waals surface area contributed by atoms with Crippen molar-refractivity contribution in [3.63, 3.8) is 0 Å². The molecule has 6 heteroatoms. The van der Waals surface area contributed by atoms with Crippen LogP contribution in [0.4, 0.5) is 0 Å². The van der Waals surface area contributed by atoms with Crippen molar-refractivity contribution in [2.24, 2.45) is 0 Å². The minimum atomic E-state index is 0.149. The number of halogens is 3. The normalized spacial score (nSPS) is 10.7. The predicted octanol–water partition coefficient (Wildman–Crippen LogP) is 4.03. The molecule has 82 valence electrons. The van der Waals surface area contributed by atoms with Crippen molar-refractivity contribution in [2.75, 3.05) is 0 Å². The van der Waals surface area contributed by atoms with E-state index in [-0.39, 0.29) is 6.10 Å². The highest BCUT2D eigenvalue weighted by Crippen LogP contribution is 2.35. The van der Waals surface area contributed by atoms with E-state index in [0.717, 1.165) is 9.08 Å². The van der Waals surface area contributed by atoms with E-state index in [4.69, 9.17) is 10.00 Å². The van der Waals surface area contributed by atoms with Gasteiger partial charge in [0.05, 0.1) is 16.1 Å². The molecule has 0 atom stereocenters. The molecule has 0 saturated carbocycles. The zero-order valence-corrected chi connectivity index (χ0v) is 13.0. The highest BCUT2D eigenvalue weighted by atomic mass is 79.9. The third-order valence-corrected chi connectivity index (χ3v) is 4.68. The molecule has 15 heavy (non-hydrogen) atoms. The molecule has 0 spiro atoms. The maximum absolute atomic E-state index is 8.93. The van der Waals surface area contributed by atoms with E-state index in [2.05, 4.69) is 53.9 Å². The van der Waals surface area contributed by atoms with Crippen molar-refractivity contribution >= 4 is 47.8 Å². The van der Waals surface area contributed by atoms with Crippen molar-refractivity contribution in [3.05, 3.63) is 19.2 Å². The number of hydrogen-bond acceptors (Lipinski definition) is 2. The molecular formula is C9H9Br3N2O. The quantitative estimate of drug-likeness (QED) is 0.768. The van der Waals surface area contributed by atoms with Crippen LogP contribution in [0.25, 0.3) is 0 Å². The molecule has 0 unspecified atom stereocenters. The lowest BCUT2D eigenvalue weighted by molar-refractivity contribution is 0.0266. The van der Waals surface area contributed by atoms with Crippen LogP contribution in [-0.2, 0) is 11.5 Å². The molecule has 0 aliphatic carbocycles. The van der Waals surface area contributed by atoms with Crippen LogP contribution in [0.15, 0.2) is 13.7 Å². The summed E-state index contributed by atoms with van der Waals surface area (Å²) >= 11 is 10.1. The van der Waals surface area contributed by atoms with E-state index in [1.54, 1.807) is 0 Å². The van der Waals surface area contributed by atoms with E-state index in [9.17, 15) is 0 Å². The van der Waals surface area contributed by atoms with Crippen LogP contribution >= 0.6 is 47.8 Å². The monoisotopic (exact) mass is 398 g/mol. The average molecular weight is 401 g/mol. The summed E-state index contributed by atoms with van der Waals surface area (Å²) in [6.45, 7) is 4.33. The summed E-state index contributed by atoms with van der Waals surface area (Å²) in [5.41, 5.74) is 0.564. The Morgan fingerprint density at radius 3 is 2.33 bits per heavy atom. The lowest BCUT2D eigenvalue weighted by atomic mass is 10.4. The molecule has 0 aliphatic heterocycles. The van der Waals surface area contributed by atoms with Gasteiger partial charge in [-0.2, -0.15) is 5.26 Å². The van der Waals surface area contributed by atoms with E-state index < -0.39 is 0 Å². The number of hydrogen-bond donors (Lipinski definition) is 0. The number of nitrogens with zero attached hydrogens (tertiary/aromatic N) is 2. The first-order valence-electron chi connectivity index (χ1n) is 4.23. The molecule has 0 N–H and O–H groups in total. The second kappa shape index (κ2) is 5.48. The van der Waals surface area contributed by atoms with Crippen LogP contribution in [0, 0.1) is 11.3 Å². The first-order chi connectivity index (χ1) is 6.99. The van der Waals surface area contributed by atoms with Gasteiger partial charge in [0, 0.05) is 0 Å². The molecule has 0 saturated heterocycles. The van der Waals surface area contributed by atoms with Crippen molar-refractivity contribution in [3.8, 4) is 6.07 Å². The van der Waals surface area contributed by atoms with Gasteiger partial charge in [-0.15, -0.1) is 0 Å². The summed E-state index contributed by atoms with van der Waals surface area (Å²) in [4.78, 5) is 0. The maximum atomic E-state index is 8.93. The number of aromatic nitrogens is 1. The fourth-order valence-electron chi connectivity index (χ4n) is 0.965. The van der Waals surface area contributed by atoms with Crippen LogP contribution in [0.5, 0.6) is 0 Å². The molecule has 0 amide bonds. The summed E-state index contributed by atoms with van der Waals surface area (Å²) in [5.74, 6) is 0. The van der Waals surface area contributed by atoms with Gasteiger partial charge in [0.1, 0.15) is 22.0 Å². The Labute approximate surface area is 114 Å². The van der Waals surface area contributed by atoms with E-state index in [1.807, 2.05) is 18.4 Å². The summed E-state index contributed by atoms with van der Waals surface area (Å²) in [7, 11) is 0. The highest BCUT2D eigenvalue weighted by Gasteiger charge is 2.17. The van der Waals surface area contributed by atoms with Gasteiger partial charge in [-0.05, 0) is 61.6 Å². The number of nitriles is 1. The van der Waals surface area contributed by atoms with Gasteiger partial charge in [0.15, 0.2) is 0 Å². The first-order valence-corrected chi connectivity index (χ1v) is 6.61. The summed E-state index contributed by atoms with van der Waals surface area (Å²) in [6, 6.07) is 2.11. The Kier molecular flexibility index (Phi) is 4.84. The second-order valence-electron chi connectivity index (χ2n) is 3.15. The minimum absolute atomic E-state index is 0.149. The third kappa shape index (κ3) is 2.84. The molecule has 0 aliphatic rings. The van der Waals surface area contributed by atoms with E-state index >= 15 is 0 Å². The van der Waals surface area contributed by atoms with Crippen LogP contribution in [0.2, 0.25) is 0 Å². The standard InChI is InChI=1S/C9H9Br3N2O/c1-5(2)15-4-14-8(11)6(3-13)7(10)9(14)12/h5H,4H2,1-2H3. The average Bonchev–Trinajstić information content (AvgIpc) is 2.36. The number of rotatable bonds is 3. The summed E-state index contributed by atoms with van der Waals surface area (Å²) in [6.07, 6.45) is 0.149. The van der Waals surface area contributed by atoms with E-state index in [1.165, 1.54) is 0 Å². The predicted molar refractivity (Wildman–Crippen MR) is 68.5 cm³/mol. The van der Waals surface area contributed by atoms with Crippen molar-refractivity contribution in [1.82, 2.24) is 4.57 Å². The van der Waals surface area contributed by atoms with Gasteiger partial charge in [0.25, 0.3) is 0 Å². The fraction of sp³-hybridized carbons (Fsp3) is 0.444. The molecule has 1 heterocycles. The molecule has 0 fully saturated rings. The summed E-state index contributed by atoms with van der Waals surface area (Å²) in [5, 5.41) is 8.93. The van der Waals surface area contributed by atoms with Gasteiger partial charge in [-0.25, -0.2) is 0 Å². The van der Waals surface area contributed by atoms with Crippen molar-refractivity contribution in [1.29, 1.82) is 5.26 Å². The van der Waals surface area contributed by atoms with Gasteiger partial charge < -0.3 is 9.30 Å². The molecule has 0 bridgehead atoms. The molecule has 3 nitrogen and oxygen atoms in total. The highest BCUT2D eigenvalue weighted by molar-refractivity contribution is 9.13. The lowest BCUT2D eigenvalue weighted by Crippen LogP contribution is -2.08. The topological polar surface area (TPSA) is 38.0 Å². The Hall–Kier alpha value is 0.170. The Morgan fingerprint density at radius 1 is 1.33 bits per heavy atom. The fourth-order valence-corrected chi connectivity index (χ4v) is 3.00. The van der Waals surface area contributed by atoms with Gasteiger partial charge in [-0.3, -0.25) is 0 Å². The van der Waals surface area contributed by atoms with Crippen LogP contribution in [0.3, 0.4) is 0 Å². The van der Waals surface area contributed by atoms with Crippen LogP contribution in [-0.4, -0.2) is 10.7 Å². The zero-order chi connectivity index (χ0) is 11.6. The Morgan fingerprint density at radius 2 is 1.93 bits per heavy atom. The van der Waals surface area contributed by atoms with Crippen molar-refractivity contribution in [2.45, 2.75) is 26.7 Å². The molecule has 0 aromatic carbocycles. The molecule has 1 rings (SSSR count). The first kappa shape index (κ1) is 13.2. The third-order valence-electron chi connectivity index (χ3n) is 1.73. The van der Waals surface area contributed by atoms with Crippen LogP contribution in [0.1, 0.15) is 19.4 Å². The number of ether oxygens (including phenoxy) is 1. The zero-order valence-electron chi connectivity index (χ0n) is 8.22. The molecular weight excluding hydrogens is 392 g/mol. The Balaban J connectivity index is 3.04. The smallest absolute Gasteiger partial charge is 0.124 e. The van der Waals surface area contributed by atoms with Gasteiger partial charge >= 0.3 is 0 Å². The second-order valence-corrected chi connectivity index (χ2v) is 5.45. The Bertz CT molecular complexity index is 406. The maximum Gasteiger partial charge on any atom is 0.124 e. The van der Waals surface area contributed by atoms with Gasteiger partial charge in [0.2, 0.25) is 0 Å². The van der Waals surface area contributed by atoms with Gasteiger partial charge in [-0.1, -0.05) is 0 Å². The van der Waals surface area contributed by atoms with Crippen molar-refractivity contribution < 1.29 is 4.74 Å². The van der Waals surface area contributed by atoms with E-state index in [0.29, 0.717) is 16.9 Å². The molecule has 0 radical (unpaired) electrons. The lowest BCUT2D eigenvalue weighted by Gasteiger charge is -2.10. The summed E-state index contributed by atoms with van der Waals surface area (Å²) < 4.78 is 9.56. The molecule has 1 aromatic heterocycles.